The first kappa shape index (κ1) is 22.1. The Hall–Kier alpha value is -3.12. The maximum atomic E-state index is 12.8. The molecule has 6 heteroatoms. The van der Waals surface area contributed by atoms with Crippen molar-refractivity contribution in [1.29, 1.82) is 0 Å². The minimum atomic E-state index is -4.41. The summed E-state index contributed by atoms with van der Waals surface area (Å²) in [5.74, 6) is -0.525. The van der Waals surface area contributed by atoms with E-state index in [0.717, 1.165) is 17.0 Å². The number of carbonyl (C=O) groups is 1. The number of thiophene rings is 1. The largest absolute Gasteiger partial charge is 0.451 e. The van der Waals surface area contributed by atoms with Crippen molar-refractivity contribution in [3.63, 3.8) is 0 Å². The number of halogens is 3. The summed E-state index contributed by atoms with van der Waals surface area (Å²) in [5.41, 5.74) is 0.306. The molecule has 0 spiro atoms. The predicted octanol–water partition coefficient (Wildman–Crippen LogP) is 8.00. The summed E-state index contributed by atoms with van der Waals surface area (Å²) in [6.07, 6.45) is -4.41. The van der Waals surface area contributed by atoms with E-state index in [9.17, 15) is 18.0 Å². The van der Waals surface area contributed by atoms with Crippen molar-refractivity contribution in [1.82, 2.24) is 0 Å². The van der Waals surface area contributed by atoms with Crippen molar-refractivity contribution in [2.24, 2.45) is 0 Å². The average Bonchev–Trinajstić information content (AvgIpc) is 3.10. The van der Waals surface area contributed by atoms with Crippen LogP contribution in [-0.4, -0.2) is 5.97 Å². The fourth-order valence-corrected chi connectivity index (χ4v) is 5.75. The highest BCUT2D eigenvalue weighted by Gasteiger charge is 2.32. The highest BCUT2D eigenvalue weighted by Crippen LogP contribution is 2.42. The number of benzene rings is 3. The zero-order valence-electron chi connectivity index (χ0n) is 17.9. The summed E-state index contributed by atoms with van der Waals surface area (Å²) in [6.45, 7) is 5.42. The van der Waals surface area contributed by atoms with Crippen molar-refractivity contribution in [2.75, 3.05) is 0 Å². The Balaban J connectivity index is 1.53. The number of hydrogen-bond acceptors (Lipinski definition) is 2. The van der Waals surface area contributed by atoms with Gasteiger partial charge in [0.1, 0.15) is 11.0 Å². The summed E-state index contributed by atoms with van der Waals surface area (Å²) in [4.78, 5) is 13.8. The van der Waals surface area contributed by atoms with Gasteiger partial charge in [-0.1, -0.05) is 24.3 Å². The van der Waals surface area contributed by atoms with Gasteiger partial charge in [-0.2, -0.15) is 13.2 Å². The second-order valence-electron chi connectivity index (χ2n) is 8.13. The Morgan fingerprint density at radius 3 is 2.06 bits per heavy atom. The SMILES string of the molecule is Cc1c[s+](-c2ccc(C(=O)OC(C)(C)c3ccc(C(F)(F)F)cc3)cc2)c2ccccc12. The molecule has 4 aromatic rings. The number of hydrogen-bond donors (Lipinski definition) is 0. The smallest absolute Gasteiger partial charge is 0.416 e. The first-order chi connectivity index (χ1) is 15.1. The van der Waals surface area contributed by atoms with E-state index in [1.807, 2.05) is 24.3 Å². The van der Waals surface area contributed by atoms with E-state index in [2.05, 4.69) is 24.4 Å². The lowest BCUT2D eigenvalue weighted by molar-refractivity contribution is -0.137. The normalized spacial score (nSPS) is 12.8. The van der Waals surface area contributed by atoms with Crippen LogP contribution in [0.1, 0.15) is 40.9 Å². The molecule has 1 atom stereocenters. The second kappa shape index (κ2) is 8.10. The molecule has 0 aliphatic heterocycles. The fraction of sp³-hybridized carbons (Fsp3) is 0.192. The Morgan fingerprint density at radius 2 is 1.44 bits per heavy atom. The number of aryl methyl sites for hydroxylation is 1. The summed E-state index contributed by atoms with van der Waals surface area (Å²) < 4.78 is 45.3. The van der Waals surface area contributed by atoms with Crippen molar-refractivity contribution >= 4 is 26.5 Å². The molecule has 0 bridgehead atoms. The van der Waals surface area contributed by atoms with Gasteiger partial charge in [-0.25, -0.2) is 4.79 Å². The van der Waals surface area contributed by atoms with Crippen LogP contribution in [0, 0.1) is 6.92 Å². The molecule has 0 aliphatic rings. The molecule has 1 aromatic heterocycles. The van der Waals surface area contributed by atoms with Crippen LogP contribution in [0.5, 0.6) is 0 Å². The Morgan fingerprint density at radius 1 is 0.844 bits per heavy atom. The molecular weight excluding hydrogens is 433 g/mol. The zero-order valence-corrected chi connectivity index (χ0v) is 18.7. The molecule has 164 valence electrons. The maximum absolute atomic E-state index is 12.8. The third-order valence-corrected chi connectivity index (χ3v) is 7.64. The zero-order chi connectivity index (χ0) is 23.1. The fourth-order valence-electron chi connectivity index (χ4n) is 3.63. The van der Waals surface area contributed by atoms with Gasteiger partial charge < -0.3 is 4.74 Å². The average molecular weight is 456 g/mol. The quantitative estimate of drug-likeness (QED) is 0.230. The lowest BCUT2D eigenvalue weighted by Gasteiger charge is -2.26. The molecule has 0 saturated carbocycles. The van der Waals surface area contributed by atoms with Gasteiger partial charge in [-0.3, -0.25) is 0 Å². The van der Waals surface area contributed by atoms with E-state index in [1.54, 1.807) is 26.0 Å². The van der Waals surface area contributed by atoms with Crippen LogP contribution in [0.25, 0.3) is 15.0 Å². The van der Waals surface area contributed by atoms with Crippen LogP contribution in [0.2, 0.25) is 0 Å². The number of rotatable bonds is 4. The molecule has 0 amide bonds. The Labute approximate surface area is 187 Å². The molecule has 0 fully saturated rings. The third-order valence-electron chi connectivity index (χ3n) is 5.44. The van der Waals surface area contributed by atoms with E-state index in [4.69, 9.17) is 4.74 Å². The van der Waals surface area contributed by atoms with Crippen LogP contribution in [-0.2, 0) is 16.5 Å². The second-order valence-corrected chi connectivity index (χ2v) is 9.96. The number of alkyl halides is 3. The molecule has 4 rings (SSSR count). The van der Waals surface area contributed by atoms with E-state index in [-0.39, 0.29) is 10.5 Å². The van der Waals surface area contributed by atoms with Gasteiger partial charge in [0.05, 0.1) is 11.1 Å². The Kier molecular flexibility index (Phi) is 5.59. The number of ether oxygens (including phenoxy) is 1. The Bertz CT molecular complexity index is 1270. The van der Waals surface area contributed by atoms with Gasteiger partial charge in [-0.15, -0.1) is 0 Å². The number of fused-ring (bicyclic) bond motifs is 1. The van der Waals surface area contributed by atoms with Crippen molar-refractivity contribution in [2.45, 2.75) is 32.5 Å². The molecule has 1 heterocycles. The van der Waals surface area contributed by atoms with E-state index in [0.29, 0.717) is 11.1 Å². The van der Waals surface area contributed by atoms with Crippen molar-refractivity contribution in [3.8, 4) is 4.90 Å². The summed E-state index contributed by atoms with van der Waals surface area (Å²) in [6, 6.07) is 20.3. The van der Waals surface area contributed by atoms with E-state index < -0.39 is 23.3 Å². The van der Waals surface area contributed by atoms with Gasteiger partial charge in [0, 0.05) is 21.4 Å². The summed E-state index contributed by atoms with van der Waals surface area (Å²) >= 11 is 0. The van der Waals surface area contributed by atoms with Crippen LogP contribution in [0.4, 0.5) is 13.2 Å². The van der Waals surface area contributed by atoms with Crippen molar-refractivity contribution in [3.05, 3.63) is 100 Å². The van der Waals surface area contributed by atoms with Gasteiger partial charge >= 0.3 is 12.1 Å². The first-order valence-corrected chi connectivity index (χ1v) is 11.4. The monoisotopic (exact) mass is 455 g/mol. The molecule has 0 radical (unpaired) electrons. The van der Waals surface area contributed by atoms with Crippen LogP contribution in [0.15, 0.2) is 78.2 Å². The highest BCUT2D eigenvalue weighted by molar-refractivity contribution is 7.43. The predicted molar refractivity (Wildman–Crippen MR) is 122 cm³/mol. The molecule has 32 heavy (non-hydrogen) atoms. The van der Waals surface area contributed by atoms with Gasteiger partial charge in [0.25, 0.3) is 0 Å². The minimum absolute atomic E-state index is 0.182. The maximum Gasteiger partial charge on any atom is 0.416 e. The number of carbonyl (C=O) groups excluding carboxylic acids is 1. The lowest BCUT2D eigenvalue weighted by atomic mass is 9.96. The van der Waals surface area contributed by atoms with Crippen LogP contribution < -0.4 is 0 Å². The van der Waals surface area contributed by atoms with Gasteiger partial charge in [0.2, 0.25) is 0 Å². The number of esters is 1. The molecule has 0 N–H and O–H groups in total. The summed E-state index contributed by atoms with van der Waals surface area (Å²) in [5, 5.41) is 3.49. The molecule has 0 aliphatic carbocycles. The third kappa shape index (κ3) is 4.28. The van der Waals surface area contributed by atoms with Gasteiger partial charge in [-0.05, 0) is 74.9 Å². The molecule has 1 unspecified atom stereocenters. The van der Waals surface area contributed by atoms with Crippen molar-refractivity contribution < 1.29 is 22.7 Å². The molecule has 2 nitrogen and oxygen atoms in total. The molecule has 0 saturated heterocycles. The standard InChI is InChI=1S/C26H22F3O2S/c1-17-16-32(23-7-5-4-6-22(17)23)21-14-8-18(9-15-21)24(30)31-25(2,3)19-10-12-20(13-11-19)26(27,28)29/h4-16H,1-3H3/q+1. The topological polar surface area (TPSA) is 26.3 Å². The summed E-state index contributed by atoms with van der Waals surface area (Å²) in [7, 11) is -0.182. The lowest BCUT2D eigenvalue weighted by Crippen LogP contribution is -2.25. The molecule has 3 aromatic carbocycles. The highest BCUT2D eigenvalue weighted by atomic mass is 32.2. The van der Waals surface area contributed by atoms with Crippen LogP contribution in [0.3, 0.4) is 0 Å². The van der Waals surface area contributed by atoms with E-state index in [1.165, 1.54) is 27.8 Å². The van der Waals surface area contributed by atoms with Crippen LogP contribution >= 0.6 is 10.5 Å². The van der Waals surface area contributed by atoms with Gasteiger partial charge in [0.15, 0.2) is 9.60 Å². The minimum Gasteiger partial charge on any atom is -0.451 e. The molecular formula is C26H22F3O2S+. The van der Waals surface area contributed by atoms with E-state index >= 15 is 0 Å². The first-order valence-electron chi connectivity index (χ1n) is 10.1.